The van der Waals surface area contributed by atoms with Crippen LogP contribution >= 0.6 is 0 Å². The van der Waals surface area contributed by atoms with E-state index in [1.807, 2.05) is 27.7 Å². The lowest BCUT2D eigenvalue weighted by Crippen LogP contribution is -2.45. The van der Waals surface area contributed by atoms with Crippen molar-refractivity contribution in [2.45, 2.75) is 39.9 Å². The molecule has 2 unspecified atom stereocenters. The topological polar surface area (TPSA) is 32.3 Å². The van der Waals surface area contributed by atoms with Gasteiger partial charge in [0.25, 0.3) is 0 Å². The number of halogens is 2. The molecule has 2 rings (SSSR count). The average molecular weight is 282 g/mol. The molecule has 0 aliphatic carbocycles. The minimum atomic E-state index is -0.636. The van der Waals surface area contributed by atoms with Crippen LogP contribution in [0.4, 0.5) is 8.78 Å². The summed E-state index contributed by atoms with van der Waals surface area (Å²) in [4.78, 5) is 13.7. The van der Waals surface area contributed by atoms with Gasteiger partial charge >= 0.3 is 0 Å². The maximum absolute atomic E-state index is 13.9. The Morgan fingerprint density at radius 3 is 2.55 bits per heavy atom. The molecule has 1 heterocycles. The first kappa shape index (κ1) is 14.9. The Hall–Kier alpha value is -1.49. The van der Waals surface area contributed by atoms with Gasteiger partial charge in [0.05, 0.1) is 6.54 Å². The van der Waals surface area contributed by atoms with Gasteiger partial charge in [0.1, 0.15) is 17.8 Å². The van der Waals surface area contributed by atoms with Gasteiger partial charge in [0, 0.05) is 17.7 Å². The van der Waals surface area contributed by atoms with Crippen molar-refractivity contribution in [2.75, 3.05) is 6.54 Å². The molecule has 1 N–H and O–H groups in total. The quantitative estimate of drug-likeness (QED) is 0.904. The maximum atomic E-state index is 13.9. The van der Waals surface area contributed by atoms with Crippen LogP contribution in [0.15, 0.2) is 18.2 Å². The molecule has 0 radical (unpaired) electrons. The Morgan fingerprint density at radius 1 is 1.35 bits per heavy atom. The highest BCUT2D eigenvalue weighted by Crippen LogP contribution is 2.33. The van der Waals surface area contributed by atoms with Crippen LogP contribution in [-0.4, -0.2) is 23.4 Å². The van der Waals surface area contributed by atoms with Crippen molar-refractivity contribution in [3.05, 3.63) is 35.4 Å². The fourth-order valence-corrected chi connectivity index (χ4v) is 2.36. The van der Waals surface area contributed by atoms with Crippen molar-refractivity contribution in [3.8, 4) is 0 Å². The van der Waals surface area contributed by atoms with E-state index in [2.05, 4.69) is 5.32 Å². The summed E-state index contributed by atoms with van der Waals surface area (Å²) >= 11 is 0. The summed E-state index contributed by atoms with van der Waals surface area (Å²) in [5.41, 5.74) is 0.171. The Labute approximate surface area is 118 Å². The molecule has 1 saturated heterocycles. The van der Waals surface area contributed by atoms with Crippen LogP contribution in [0, 0.1) is 17.0 Å². The van der Waals surface area contributed by atoms with Crippen molar-refractivity contribution < 1.29 is 13.6 Å². The predicted octanol–water partition coefficient (Wildman–Crippen LogP) is 2.83. The third-order valence-electron chi connectivity index (χ3n) is 3.94. The summed E-state index contributed by atoms with van der Waals surface area (Å²) in [7, 11) is 0. The molecular formula is C15H20F2N2O. The maximum Gasteiger partial charge on any atom is 0.238 e. The molecule has 1 aliphatic rings. The molecule has 1 aliphatic heterocycles. The van der Waals surface area contributed by atoms with Crippen molar-refractivity contribution in [1.82, 2.24) is 10.2 Å². The van der Waals surface area contributed by atoms with Gasteiger partial charge in [-0.2, -0.15) is 0 Å². The SMILES string of the molecule is CC(N1C(=O)CNC1c1ccc(F)cc1F)C(C)(C)C. The molecular weight excluding hydrogens is 262 g/mol. The number of benzene rings is 1. The van der Waals surface area contributed by atoms with Gasteiger partial charge in [-0.1, -0.05) is 20.8 Å². The van der Waals surface area contributed by atoms with Crippen molar-refractivity contribution in [3.63, 3.8) is 0 Å². The number of amides is 1. The predicted molar refractivity (Wildman–Crippen MR) is 72.9 cm³/mol. The molecule has 1 aromatic rings. The van der Waals surface area contributed by atoms with E-state index >= 15 is 0 Å². The lowest BCUT2D eigenvalue weighted by molar-refractivity contribution is -0.132. The summed E-state index contributed by atoms with van der Waals surface area (Å²) in [6.07, 6.45) is -0.544. The summed E-state index contributed by atoms with van der Waals surface area (Å²) in [6, 6.07) is 3.38. The summed E-state index contributed by atoms with van der Waals surface area (Å²) in [5.74, 6) is -1.32. The van der Waals surface area contributed by atoms with Crippen LogP contribution in [0.5, 0.6) is 0 Å². The fraction of sp³-hybridized carbons (Fsp3) is 0.533. The average Bonchev–Trinajstić information content (AvgIpc) is 2.69. The molecule has 2 atom stereocenters. The third kappa shape index (κ3) is 2.68. The highest BCUT2D eigenvalue weighted by Gasteiger charge is 2.40. The fourth-order valence-electron chi connectivity index (χ4n) is 2.36. The zero-order chi connectivity index (χ0) is 15.1. The Balaban J connectivity index is 2.37. The van der Waals surface area contributed by atoms with Crippen LogP contribution in [0.2, 0.25) is 0 Å². The van der Waals surface area contributed by atoms with Gasteiger partial charge in [-0.25, -0.2) is 8.78 Å². The van der Waals surface area contributed by atoms with Gasteiger partial charge in [0.2, 0.25) is 5.91 Å². The second-order valence-electron chi connectivity index (χ2n) is 6.29. The standard InChI is InChI=1S/C15H20F2N2O/c1-9(15(2,3)4)19-13(20)8-18-14(19)11-6-5-10(16)7-12(11)17/h5-7,9,14,18H,8H2,1-4H3. The van der Waals surface area contributed by atoms with Crippen LogP contribution < -0.4 is 5.32 Å². The number of carbonyl (C=O) groups is 1. The van der Waals surface area contributed by atoms with E-state index < -0.39 is 17.8 Å². The van der Waals surface area contributed by atoms with Crippen LogP contribution in [0.3, 0.4) is 0 Å². The Morgan fingerprint density at radius 2 is 2.00 bits per heavy atom. The zero-order valence-corrected chi connectivity index (χ0v) is 12.2. The van der Waals surface area contributed by atoms with Gasteiger partial charge in [0.15, 0.2) is 0 Å². The molecule has 110 valence electrons. The number of hydrogen-bond donors (Lipinski definition) is 1. The van der Waals surface area contributed by atoms with Gasteiger partial charge in [-0.15, -0.1) is 0 Å². The van der Waals surface area contributed by atoms with E-state index in [0.717, 1.165) is 6.07 Å². The van der Waals surface area contributed by atoms with Crippen molar-refractivity contribution in [2.24, 2.45) is 5.41 Å². The van der Waals surface area contributed by atoms with E-state index in [4.69, 9.17) is 0 Å². The monoisotopic (exact) mass is 282 g/mol. The molecule has 20 heavy (non-hydrogen) atoms. The molecule has 1 aromatic carbocycles. The normalized spacial score (nSPS) is 21.4. The Kier molecular flexibility index (Phi) is 3.82. The molecule has 1 fully saturated rings. The molecule has 0 saturated carbocycles. The summed E-state index contributed by atoms with van der Waals surface area (Å²) in [5, 5.41) is 3.00. The lowest BCUT2D eigenvalue weighted by atomic mass is 9.86. The van der Waals surface area contributed by atoms with E-state index in [0.29, 0.717) is 5.56 Å². The summed E-state index contributed by atoms with van der Waals surface area (Å²) in [6.45, 7) is 8.20. The first-order chi connectivity index (χ1) is 9.21. The van der Waals surface area contributed by atoms with E-state index in [9.17, 15) is 13.6 Å². The molecule has 0 spiro atoms. The van der Waals surface area contributed by atoms with E-state index in [-0.39, 0.29) is 23.9 Å². The highest BCUT2D eigenvalue weighted by molar-refractivity contribution is 5.81. The number of rotatable bonds is 2. The number of hydrogen-bond acceptors (Lipinski definition) is 2. The second kappa shape index (κ2) is 5.13. The Bertz CT molecular complexity index is 525. The van der Waals surface area contributed by atoms with E-state index in [1.54, 1.807) is 4.90 Å². The number of nitrogens with one attached hydrogen (secondary N) is 1. The highest BCUT2D eigenvalue weighted by atomic mass is 19.1. The minimum absolute atomic E-state index is 0.0684. The van der Waals surface area contributed by atoms with Gasteiger partial charge in [-0.05, 0) is 24.5 Å². The van der Waals surface area contributed by atoms with Gasteiger partial charge in [-0.3, -0.25) is 10.1 Å². The first-order valence-electron chi connectivity index (χ1n) is 6.71. The molecule has 0 aromatic heterocycles. The molecule has 1 amide bonds. The second-order valence-corrected chi connectivity index (χ2v) is 6.29. The first-order valence-corrected chi connectivity index (χ1v) is 6.71. The lowest BCUT2D eigenvalue weighted by Gasteiger charge is -2.38. The van der Waals surface area contributed by atoms with Gasteiger partial charge < -0.3 is 4.90 Å². The minimum Gasteiger partial charge on any atom is -0.318 e. The molecule has 3 nitrogen and oxygen atoms in total. The van der Waals surface area contributed by atoms with Crippen molar-refractivity contribution >= 4 is 5.91 Å². The van der Waals surface area contributed by atoms with Crippen molar-refractivity contribution in [1.29, 1.82) is 0 Å². The van der Waals surface area contributed by atoms with E-state index in [1.165, 1.54) is 12.1 Å². The largest absolute Gasteiger partial charge is 0.318 e. The van der Waals surface area contributed by atoms with Crippen LogP contribution in [0.1, 0.15) is 39.4 Å². The smallest absolute Gasteiger partial charge is 0.238 e. The third-order valence-corrected chi connectivity index (χ3v) is 3.94. The molecule has 0 bridgehead atoms. The number of carbonyl (C=O) groups excluding carboxylic acids is 1. The zero-order valence-electron chi connectivity index (χ0n) is 12.2. The summed E-state index contributed by atoms with van der Waals surface area (Å²) < 4.78 is 27.0. The number of nitrogens with zero attached hydrogens (tertiary/aromatic N) is 1. The van der Waals surface area contributed by atoms with Crippen LogP contribution in [-0.2, 0) is 4.79 Å². The van der Waals surface area contributed by atoms with Crippen LogP contribution in [0.25, 0.3) is 0 Å². The molecule has 5 heteroatoms.